The predicted octanol–water partition coefficient (Wildman–Crippen LogP) is 4.13. The molecule has 0 saturated carbocycles. The van der Waals surface area contributed by atoms with Crippen LogP contribution in [0.5, 0.6) is 11.5 Å². The van der Waals surface area contributed by atoms with E-state index >= 15 is 0 Å². The van der Waals surface area contributed by atoms with Gasteiger partial charge in [-0.2, -0.15) is 5.10 Å². The molecule has 0 spiro atoms. The van der Waals surface area contributed by atoms with Crippen LogP contribution >= 0.6 is 0 Å². The third-order valence-corrected chi connectivity index (χ3v) is 4.06. The number of methoxy groups -OCH3 is 1. The second kappa shape index (κ2) is 10.2. The Morgan fingerprint density at radius 2 is 1.77 bits per heavy atom. The molecule has 0 aliphatic carbocycles. The van der Waals surface area contributed by atoms with Crippen molar-refractivity contribution in [3.8, 4) is 11.5 Å². The third kappa shape index (κ3) is 6.24. The summed E-state index contributed by atoms with van der Waals surface area (Å²) in [6.07, 6.45) is 3.90. The molecule has 5 nitrogen and oxygen atoms in total. The normalized spacial score (nSPS) is 12.0. The topological polar surface area (TPSA) is 59.9 Å². The second-order valence-electron chi connectivity index (χ2n) is 6.11. The maximum absolute atomic E-state index is 11.8. The van der Waals surface area contributed by atoms with Crippen LogP contribution in [0.4, 0.5) is 0 Å². The summed E-state index contributed by atoms with van der Waals surface area (Å²) in [6.45, 7) is 4.32. The van der Waals surface area contributed by atoms with Gasteiger partial charge >= 0.3 is 0 Å². The molecule has 0 saturated heterocycles. The van der Waals surface area contributed by atoms with Crippen molar-refractivity contribution < 1.29 is 14.3 Å². The average molecular weight is 354 g/mol. The summed E-state index contributed by atoms with van der Waals surface area (Å²) in [6, 6.07) is 15.3. The van der Waals surface area contributed by atoms with Gasteiger partial charge < -0.3 is 9.47 Å². The lowest BCUT2D eigenvalue weighted by atomic mass is 9.97. The van der Waals surface area contributed by atoms with Gasteiger partial charge in [0.15, 0.2) is 6.61 Å². The average Bonchev–Trinajstić information content (AvgIpc) is 2.67. The van der Waals surface area contributed by atoms with Crippen molar-refractivity contribution >= 4 is 12.1 Å². The Morgan fingerprint density at radius 3 is 2.38 bits per heavy atom. The van der Waals surface area contributed by atoms with Crippen molar-refractivity contribution in [1.29, 1.82) is 0 Å². The molecule has 0 aliphatic heterocycles. The Hall–Kier alpha value is -2.82. The van der Waals surface area contributed by atoms with Crippen molar-refractivity contribution in [1.82, 2.24) is 5.43 Å². The van der Waals surface area contributed by atoms with Crippen LogP contribution in [0.15, 0.2) is 53.6 Å². The van der Waals surface area contributed by atoms with E-state index in [4.69, 9.17) is 9.47 Å². The SMILES string of the molecule is CCCC(C)c1ccc(OCC(=O)NN=Cc2ccc(OC)cc2)cc1. The lowest BCUT2D eigenvalue weighted by Crippen LogP contribution is -2.24. The third-order valence-electron chi connectivity index (χ3n) is 4.06. The van der Waals surface area contributed by atoms with E-state index in [2.05, 4.69) is 36.5 Å². The van der Waals surface area contributed by atoms with Crippen molar-refractivity contribution in [3.63, 3.8) is 0 Å². The molecule has 2 aromatic carbocycles. The fourth-order valence-corrected chi connectivity index (χ4v) is 2.54. The van der Waals surface area contributed by atoms with Gasteiger partial charge in [-0.05, 0) is 59.9 Å². The van der Waals surface area contributed by atoms with Crippen molar-refractivity contribution in [3.05, 3.63) is 59.7 Å². The number of carbonyl (C=O) groups is 1. The zero-order chi connectivity index (χ0) is 18.8. The molecule has 1 atom stereocenters. The molecule has 0 heterocycles. The Balaban J connectivity index is 1.76. The number of amides is 1. The van der Waals surface area contributed by atoms with Crippen LogP contribution in [0.3, 0.4) is 0 Å². The molecule has 26 heavy (non-hydrogen) atoms. The minimum atomic E-state index is -0.307. The van der Waals surface area contributed by atoms with Gasteiger partial charge in [-0.3, -0.25) is 4.79 Å². The van der Waals surface area contributed by atoms with Crippen molar-refractivity contribution in [2.45, 2.75) is 32.6 Å². The first-order chi connectivity index (χ1) is 12.6. The summed E-state index contributed by atoms with van der Waals surface area (Å²) in [7, 11) is 1.61. The second-order valence-corrected chi connectivity index (χ2v) is 6.11. The minimum Gasteiger partial charge on any atom is -0.497 e. The standard InChI is InChI=1S/C21H26N2O3/c1-4-5-16(2)18-8-12-20(13-9-18)26-15-21(24)23-22-14-17-6-10-19(25-3)11-7-17/h6-14,16H,4-5,15H2,1-3H3,(H,23,24). The highest BCUT2D eigenvalue weighted by atomic mass is 16.5. The molecule has 2 rings (SSSR count). The van der Waals surface area contributed by atoms with E-state index in [0.717, 1.165) is 24.2 Å². The maximum atomic E-state index is 11.8. The van der Waals surface area contributed by atoms with Crippen molar-refractivity contribution in [2.24, 2.45) is 5.10 Å². The van der Waals surface area contributed by atoms with Crippen LogP contribution in [-0.4, -0.2) is 25.8 Å². The highest BCUT2D eigenvalue weighted by Gasteiger charge is 2.05. The summed E-state index contributed by atoms with van der Waals surface area (Å²) in [5, 5.41) is 3.92. The molecule has 0 aromatic heterocycles. The lowest BCUT2D eigenvalue weighted by molar-refractivity contribution is -0.123. The molecule has 1 N–H and O–H groups in total. The maximum Gasteiger partial charge on any atom is 0.277 e. The summed E-state index contributed by atoms with van der Waals surface area (Å²) < 4.78 is 10.6. The monoisotopic (exact) mass is 354 g/mol. The summed E-state index contributed by atoms with van der Waals surface area (Å²) in [5.41, 5.74) is 4.60. The van der Waals surface area contributed by atoms with Gasteiger partial charge in [-0.1, -0.05) is 32.4 Å². The fraction of sp³-hybridized carbons (Fsp3) is 0.333. The smallest absolute Gasteiger partial charge is 0.277 e. The number of carbonyl (C=O) groups excluding carboxylic acids is 1. The molecule has 0 aliphatic rings. The van der Waals surface area contributed by atoms with Crippen LogP contribution in [-0.2, 0) is 4.79 Å². The van der Waals surface area contributed by atoms with Gasteiger partial charge in [0, 0.05) is 0 Å². The van der Waals surface area contributed by atoms with E-state index in [0.29, 0.717) is 11.7 Å². The molecule has 1 amide bonds. The highest BCUT2D eigenvalue weighted by molar-refractivity contribution is 5.83. The van der Waals surface area contributed by atoms with Crippen LogP contribution in [0.1, 0.15) is 43.7 Å². The zero-order valence-electron chi connectivity index (χ0n) is 15.6. The van der Waals surface area contributed by atoms with Gasteiger partial charge in [0.05, 0.1) is 13.3 Å². The van der Waals surface area contributed by atoms with Gasteiger partial charge in [-0.15, -0.1) is 0 Å². The number of nitrogens with one attached hydrogen (secondary N) is 1. The fourth-order valence-electron chi connectivity index (χ4n) is 2.54. The summed E-state index contributed by atoms with van der Waals surface area (Å²) >= 11 is 0. The van der Waals surface area contributed by atoms with E-state index in [1.807, 2.05) is 36.4 Å². The molecule has 0 radical (unpaired) electrons. The Labute approximate surface area is 155 Å². The molecular formula is C21H26N2O3. The number of benzene rings is 2. The molecule has 0 fully saturated rings. The Kier molecular flexibility index (Phi) is 7.68. The van der Waals surface area contributed by atoms with Crippen LogP contribution in [0.2, 0.25) is 0 Å². The zero-order valence-corrected chi connectivity index (χ0v) is 15.6. The van der Waals surface area contributed by atoms with Crippen LogP contribution in [0.25, 0.3) is 0 Å². The first-order valence-electron chi connectivity index (χ1n) is 8.81. The van der Waals surface area contributed by atoms with Crippen LogP contribution < -0.4 is 14.9 Å². The van der Waals surface area contributed by atoms with E-state index in [1.165, 1.54) is 5.56 Å². The van der Waals surface area contributed by atoms with E-state index in [1.54, 1.807) is 13.3 Å². The van der Waals surface area contributed by atoms with Gasteiger partial charge in [-0.25, -0.2) is 5.43 Å². The van der Waals surface area contributed by atoms with E-state index in [-0.39, 0.29) is 12.5 Å². The summed E-state index contributed by atoms with van der Waals surface area (Å²) in [4.78, 5) is 11.8. The number of ether oxygens (including phenoxy) is 2. The first-order valence-corrected chi connectivity index (χ1v) is 8.81. The molecule has 138 valence electrons. The molecule has 1 unspecified atom stereocenters. The molecular weight excluding hydrogens is 328 g/mol. The number of hydrogen-bond acceptors (Lipinski definition) is 4. The van der Waals surface area contributed by atoms with Gasteiger partial charge in [0.25, 0.3) is 5.91 Å². The Morgan fingerprint density at radius 1 is 1.12 bits per heavy atom. The van der Waals surface area contributed by atoms with Gasteiger partial charge in [0.1, 0.15) is 11.5 Å². The molecule has 2 aromatic rings. The highest BCUT2D eigenvalue weighted by Crippen LogP contribution is 2.22. The Bertz CT molecular complexity index is 709. The molecule has 5 heteroatoms. The van der Waals surface area contributed by atoms with Crippen LogP contribution in [0, 0.1) is 0 Å². The lowest BCUT2D eigenvalue weighted by Gasteiger charge is -2.11. The first kappa shape index (κ1) is 19.5. The minimum absolute atomic E-state index is 0.0796. The number of rotatable bonds is 9. The number of hydrogen-bond donors (Lipinski definition) is 1. The summed E-state index contributed by atoms with van der Waals surface area (Å²) in [5.74, 6) is 1.67. The molecule has 0 bridgehead atoms. The van der Waals surface area contributed by atoms with E-state index in [9.17, 15) is 4.79 Å². The van der Waals surface area contributed by atoms with E-state index < -0.39 is 0 Å². The van der Waals surface area contributed by atoms with Gasteiger partial charge in [0.2, 0.25) is 0 Å². The largest absolute Gasteiger partial charge is 0.497 e. The van der Waals surface area contributed by atoms with Crippen molar-refractivity contribution in [2.75, 3.05) is 13.7 Å². The number of nitrogens with zero attached hydrogens (tertiary/aromatic N) is 1. The quantitative estimate of drug-likeness (QED) is 0.544. The predicted molar refractivity (Wildman–Crippen MR) is 104 cm³/mol. The number of hydrazone groups is 1.